The van der Waals surface area contributed by atoms with Crippen molar-refractivity contribution in [1.29, 1.82) is 0 Å². The third-order valence-electron chi connectivity index (χ3n) is 3.85. The predicted octanol–water partition coefficient (Wildman–Crippen LogP) is 2.44. The van der Waals surface area contributed by atoms with Crippen LogP contribution in [0, 0.1) is 6.92 Å². The lowest BCUT2D eigenvalue weighted by atomic mass is 10.2. The number of amides is 1. The third-order valence-corrected chi connectivity index (χ3v) is 5.39. The highest BCUT2D eigenvalue weighted by Crippen LogP contribution is 2.16. The van der Waals surface area contributed by atoms with E-state index < -0.39 is 10.0 Å². The number of nitrogens with zero attached hydrogens (tertiary/aromatic N) is 1. The molecule has 0 aromatic heterocycles. The monoisotopic (exact) mass is 376 g/mol. The van der Waals surface area contributed by atoms with Crippen molar-refractivity contribution in [3.05, 3.63) is 59.7 Å². The lowest BCUT2D eigenvalue weighted by Gasteiger charge is -2.18. The molecule has 2 aromatic carbocycles. The summed E-state index contributed by atoms with van der Waals surface area (Å²) in [4.78, 5) is 14.1. The van der Waals surface area contributed by atoms with Crippen molar-refractivity contribution in [3.63, 3.8) is 0 Å². The zero-order valence-corrected chi connectivity index (χ0v) is 16.0. The van der Waals surface area contributed by atoms with Gasteiger partial charge in [0.15, 0.2) is 0 Å². The minimum Gasteiger partial charge on any atom is -0.491 e. The number of benzene rings is 2. The fourth-order valence-electron chi connectivity index (χ4n) is 2.40. The van der Waals surface area contributed by atoms with Crippen LogP contribution in [0.1, 0.15) is 22.8 Å². The van der Waals surface area contributed by atoms with Crippen molar-refractivity contribution in [2.24, 2.45) is 0 Å². The number of hydrogen-bond donors (Lipinski definition) is 1. The van der Waals surface area contributed by atoms with Gasteiger partial charge in [0.2, 0.25) is 10.0 Å². The Hall–Kier alpha value is -2.38. The summed E-state index contributed by atoms with van der Waals surface area (Å²) in [6, 6.07) is 13.7. The molecular formula is C19H24N2O4S. The van der Waals surface area contributed by atoms with E-state index in [1.807, 2.05) is 31.2 Å². The molecule has 1 amide bonds. The minimum absolute atomic E-state index is 0.0785. The van der Waals surface area contributed by atoms with Gasteiger partial charge < -0.3 is 9.64 Å². The molecule has 7 heteroatoms. The number of aryl methyl sites for hydroxylation is 1. The predicted molar refractivity (Wildman–Crippen MR) is 101 cm³/mol. The van der Waals surface area contributed by atoms with Gasteiger partial charge in [-0.05, 0) is 36.8 Å². The Morgan fingerprint density at radius 2 is 1.88 bits per heavy atom. The standard InChI is InChI=1S/C19H24N2O4S/c1-4-20-26(23,24)17-10-7-9-16(14-17)19(22)21(3)12-13-25-18-11-6-5-8-15(18)2/h5-11,14,20H,4,12-13H2,1-3H3. The summed E-state index contributed by atoms with van der Waals surface area (Å²) in [5.74, 6) is 0.527. The fourth-order valence-corrected chi connectivity index (χ4v) is 3.49. The summed E-state index contributed by atoms with van der Waals surface area (Å²) in [5.41, 5.74) is 1.35. The zero-order chi connectivity index (χ0) is 19.2. The maximum absolute atomic E-state index is 12.5. The Morgan fingerprint density at radius 3 is 2.58 bits per heavy atom. The molecule has 1 N–H and O–H groups in total. The van der Waals surface area contributed by atoms with Gasteiger partial charge in [0.05, 0.1) is 11.4 Å². The minimum atomic E-state index is -3.60. The van der Waals surface area contributed by atoms with E-state index in [4.69, 9.17) is 4.74 Å². The third kappa shape index (κ3) is 5.06. The fraction of sp³-hybridized carbons (Fsp3) is 0.316. The molecule has 0 fully saturated rings. The second kappa shape index (κ2) is 8.82. The highest BCUT2D eigenvalue weighted by atomic mass is 32.2. The van der Waals surface area contributed by atoms with Crippen LogP contribution >= 0.6 is 0 Å². The Balaban J connectivity index is 2.01. The van der Waals surface area contributed by atoms with Crippen LogP contribution in [0.2, 0.25) is 0 Å². The number of hydrogen-bond acceptors (Lipinski definition) is 4. The molecule has 0 atom stereocenters. The Kier molecular flexibility index (Phi) is 6.76. The number of rotatable bonds is 8. The summed E-state index contributed by atoms with van der Waals surface area (Å²) in [6.07, 6.45) is 0. The summed E-state index contributed by atoms with van der Waals surface area (Å²) in [5, 5.41) is 0. The Bertz CT molecular complexity index is 865. The highest BCUT2D eigenvalue weighted by molar-refractivity contribution is 7.89. The van der Waals surface area contributed by atoms with Crippen LogP contribution in [0.25, 0.3) is 0 Å². The molecule has 0 aliphatic rings. The first-order valence-electron chi connectivity index (χ1n) is 8.38. The molecular weight excluding hydrogens is 352 g/mol. The number of sulfonamides is 1. The highest BCUT2D eigenvalue weighted by Gasteiger charge is 2.17. The van der Waals surface area contributed by atoms with Crippen molar-refractivity contribution in [2.75, 3.05) is 26.7 Å². The number of ether oxygens (including phenoxy) is 1. The van der Waals surface area contributed by atoms with Gasteiger partial charge in [-0.15, -0.1) is 0 Å². The topological polar surface area (TPSA) is 75.7 Å². The van der Waals surface area contributed by atoms with E-state index in [1.165, 1.54) is 17.0 Å². The molecule has 26 heavy (non-hydrogen) atoms. The van der Waals surface area contributed by atoms with E-state index >= 15 is 0 Å². The smallest absolute Gasteiger partial charge is 0.253 e. The van der Waals surface area contributed by atoms with Gasteiger partial charge in [0.25, 0.3) is 5.91 Å². The molecule has 0 bridgehead atoms. The molecule has 0 heterocycles. The molecule has 6 nitrogen and oxygen atoms in total. The van der Waals surface area contributed by atoms with Crippen molar-refractivity contribution < 1.29 is 17.9 Å². The molecule has 0 saturated heterocycles. The molecule has 0 aliphatic carbocycles. The number of carbonyl (C=O) groups is 1. The first-order valence-corrected chi connectivity index (χ1v) is 9.87. The van der Waals surface area contributed by atoms with E-state index in [2.05, 4.69) is 4.72 Å². The molecule has 2 rings (SSSR count). The lowest BCUT2D eigenvalue weighted by Crippen LogP contribution is -2.31. The van der Waals surface area contributed by atoms with Crippen molar-refractivity contribution >= 4 is 15.9 Å². The SMILES string of the molecule is CCNS(=O)(=O)c1cccc(C(=O)N(C)CCOc2ccccc2C)c1. The summed E-state index contributed by atoms with van der Waals surface area (Å²) in [6.45, 7) is 4.69. The maximum atomic E-state index is 12.5. The molecule has 0 aliphatic heterocycles. The first-order chi connectivity index (χ1) is 12.3. The largest absolute Gasteiger partial charge is 0.491 e. The number of nitrogens with one attached hydrogen (secondary N) is 1. The Labute approximate surface area is 154 Å². The normalized spacial score (nSPS) is 11.2. The van der Waals surface area contributed by atoms with Gasteiger partial charge in [-0.3, -0.25) is 4.79 Å². The van der Waals surface area contributed by atoms with Crippen molar-refractivity contribution in [3.8, 4) is 5.75 Å². The molecule has 140 valence electrons. The number of likely N-dealkylation sites (N-methyl/N-ethyl adjacent to an activating group) is 1. The molecule has 2 aromatic rings. The second-order valence-electron chi connectivity index (χ2n) is 5.87. The average Bonchev–Trinajstić information content (AvgIpc) is 2.62. The first kappa shape index (κ1) is 19.9. The van der Waals surface area contributed by atoms with Gasteiger partial charge in [0.1, 0.15) is 12.4 Å². The van der Waals surface area contributed by atoms with Crippen molar-refractivity contribution in [2.45, 2.75) is 18.7 Å². The van der Waals surface area contributed by atoms with E-state index in [-0.39, 0.29) is 17.3 Å². The molecule has 0 saturated carbocycles. The van der Waals surface area contributed by atoms with E-state index in [0.717, 1.165) is 11.3 Å². The van der Waals surface area contributed by atoms with Crippen LogP contribution in [0.15, 0.2) is 53.4 Å². The summed E-state index contributed by atoms with van der Waals surface area (Å²) < 4.78 is 32.3. The van der Waals surface area contributed by atoms with Crippen LogP contribution in [0.4, 0.5) is 0 Å². The van der Waals surface area contributed by atoms with E-state index in [0.29, 0.717) is 18.7 Å². The molecule has 0 radical (unpaired) electrons. The van der Waals surface area contributed by atoms with Gasteiger partial charge in [-0.1, -0.05) is 31.2 Å². The molecule has 0 unspecified atom stereocenters. The van der Waals surface area contributed by atoms with Gasteiger partial charge in [-0.25, -0.2) is 13.1 Å². The van der Waals surface area contributed by atoms with Crippen molar-refractivity contribution in [1.82, 2.24) is 9.62 Å². The van der Waals surface area contributed by atoms with Crippen LogP contribution in [0.3, 0.4) is 0 Å². The van der Waals surface area contributed by atoms with Gasteiger partial charge >= 0.3 is 0 Å². The lowest BCUT2D eigenvalue weighted by molar-refractivity contribution is 0.0773. The number of carbonyl (C=O) groups excluding carboxylic acids is 1. The van der Waals surface area contributed by atoms with Crippen LogP contribution in [0.5, 0.6) is 5.75 Å². The zero-order valence-electron chi connectivity index (χ0n) is 15.2. The van der Waals surface area contributed by atoms with E-state index in [1.54, 1.807) is 26.1 Å². The van der Waals surface area contributed by atoms with Crippen LogP contribution < -0.4 is 9.46 Å². The molecule has 0 spiro atoms. The van der Waals surface area contributed by atoms with Gasteiger partial charge in [-0.2, -0.15) is 0 Å². The van der Waals surface area contributed by atoms with E-state index in [9.17, 15) is 13.2 Å². The maximum Gasteiger partial charge on any atom is 0.253 e. The summed E-state index contributed by atoms with van der Waals surface area (Å²) >= 11 is 0. The van der Waals surface area contributed by atoms with Crippen LogP contribution in [-0.4, -0.2) is 46.0 Å². The second-order valence-corrected chi connectivity index (χ2v) is 7.64. The average molecular weight is 376 g/mol. The van der Waals surface area contributed by atoms with Crippen LogP contribution in [-0.2, 0) is 10.0 Å². The Morgan fingerprint density at radius 1 is 1.15 bits per heavy atom. The summed E-state index contributed by atoms with van der Waals surface area (Å²) in [7, 11) is -1.93. The quantitative estimate of drug-likeness (QED) is 0.768. The van der Waals surface area contributed by atoms with Gasteiger partial charge in [0, 0.05) is 19.2 Å². The number of para-hydroxylation sites is 1.